The Labute approximate surface area is 236 Å². The molecular formula is C36H47FO2. The van der Waals surface area contributed by atoms with Crippen LogP contribution in [0, 0.1) is 0 Å². The molecule has 2 nitrogen and oxygen atoms in total. The Bertz CT molecular complexity index is 1120. The third-order valence-electron chi connectivity index (χ3n) is 7.56. The average molecular weight is 531 g/mol. The number of hydrogen-bond acceptors (Lipinski definition) is 2. The summed E-state index contributed by atoms with van der Waals surface area (Å²) in [6.45, 7) is 5.70. The number of ether oxygens (including phenoxy) is 1. The first-order chi connectivity index (χ1) is 18.9. The fraction of sp³-hybridized carbons (Fsp3) is 0.472. The molecule has 3 rings (SSSR count). The number of esters is 1. The average Bonchev–Trinajstić information content (AvgIpc) is 2.95. The van der Waals surface area contributed by atoms with Crippen molar-refractivity contribution >= 4 is 5.97 Å². The van der Waals surface area contributed by atoms with Crippen LogP contribution in [-0.4, -0.2) is 11.6 Å². The van der Waals surface area contributed by atoms with Crippen LogP contribution in [0.3, 0.4) is 0 Å². The fourth-order valence-corrected chi connectivity index (χ4v) is 5.03. The number of benzene rings is 3. The molecule has 3 aromatic carbocycles. The van der Waals surface area contributed by atoms with Crippen LogP contribution in [0.4, 0.5) is 4.39 Å². The number of unbranched alkanes of at least 4 members (excludes halogenated alkanes) is 9. The summed E-state index contributed by atoms with van der Waals surface area (Å²) in [5, 5.41) is 0. The lowest BCUT2D eigenvalue weighted by molar-refractivity contribution is -0.147. The van der Waals surface area contributed by atoms with Gasteiger partial charge in [-0.25, -0.2) is 9.18 Å². The predicted octanol–water partition coefficient (Wildman–Crippen LogP) is 10.9. The maximum absolute atomic E-state index is 14.9. The molecule has 1 unspecified atom stereocenters. The molecule has 0 N–H and O–H groups in total. The van der Waals surface area contributed by atoms with Gasteiger partial charge in [0.15, 0.2) is 0 Å². The summed E-state index contributed by atoms with van der Waals surface area (Å²) in [6.07, 6.45) is 14.4. The summed E-state index contributed by atoms with van der Waals surface area (Å²) >= 11 is 0. The topological polar surface area (TPSA) is 26.3 Å². The van der Waals surface area contributed by atoms with Crippen LogP contribution in [0.25, 0.3) is 22.3 Å². The van der Waals surface area contributed by atoms with Gasteiger partial charge in [-0.3, -0.25) is 0 Å². The quantitative estimate of drug-likeness (QED) is 0.0985. The second-order valence-corrected chi connectivity index (χ2v) is 11.0. The molecule has 0 bridgehead atoms. The molecule has 210 valence electrons. The van der Waals surface area contributed by atoms with Gasteiger partial charge in [-0.1, -0.05) is 132 Å². The maximum atomic E-state index is 14.9. The molecule has 0 saturated carbocycles. The van der Waals surface area contributed by atoms with Crippen LogP contribution >= 0.6 is 0 Å². The summed E-state index contributed by atoms with van der Waals surface area (Å²) in [5.41, 5.74) is 3.90. The number of carbonyl (C=O) groups excluding carboxylic acids is 1. The van der Waals surface area contributed by atoms with E-state index in [-0.39, 0.29) is 6.42 Å². The smallest absolute Gasteiger partial charge is 0.348 e. The number of carbonyl (C=O) groups is 1. The number of aryl methyl sites for hydroxylation is 1. The summed E-state index contributed by atoms with van der Waals surface area (Å²) in [7, 11) is 0. The van der Waals surface area contributed by atoms with Crippen LogP contribution < -0.4 is 4.74 Å². The minimum absolute atomic E-state index is 0.190. The zero-order valence-electron chi connectivity index (χ0n) is 24.3. The second kappa shape index (κ2) is 16.2. The Kier molecular flexibility index (Phi) is 12.7. The van der Waals surface area contributed by atoms with E-state index >= 15 is 0 Å². The molecule has 0 heterocycles. The van der Waals surface area contributed by atoms with Crippen LogP contribution in [0.5, 0.6) is 5.75 Å². The van der Waals surface area contributed by atoms with Crippen LogP contribution in [0.1, 0.15) is 103 Å². The Balaban J connectivity index is 1.60. The Morgan fingerprint density at radius 3 is 1.72 bits per heavy atom. The van der Waals surface area contributed by atoms with Gasteiger partial charge in [0.25, 0.3) is 0 Å². The zero-order chi connectivity index (χ0) is 27.9. The largest absolute Gasteiger partial charge is 0.424 e. The molecule has 1 atom stereocenters. The van der Waals surface area contributed by atoms with Crippen molar-refractivity contribution in [3.8, 4) is 28.0 Å². The maximum Gasteiger partial charge on any atom is 0.348 e. The molecule has 0 aliphatic heterocycles. The second-order valence-electron chi connectivity index (χ2n) is 11.0. The lowest BCUT2D eigenvalue weighted by Crippen LogP contribution is -2.34. The van der Waals surface area contributed by atoms with E-state index in [0.717, 1.165) is 42.4 Å². The summed E-state index contributed by atoms with van der Waals surface area (Å²) in [5.74, 6) is -0.447. The van der Waals surface area contributed by atoms with Crippen molar-refractivity contribution in [1.82, 2.24) is 0 Å². The van der Waals surface area contributed by atoms with Crippen molar-refractivity contribution in [2.45, 2.75) is 110 Å². The Hall–Kier alpha value is -2.94. The third-order valence-corrected chi connectivity index (χ3v) is 7.56. The lowest BCUT2D eigenvalue weighted by Gasteiger charge is -2.18. The van der Waals surface area contributed by atoms with Gasteiger partial charge in [0.2, 0.25) is 5.67 Å². The SMILES string of the molecule is CCCCCCCCCc1ccc(-c2ccccc2-c2ccc(OC(=O)C(C)(F)CCCCCC)cc2)cc1. The highest BCUT2D eigenvalue weighted by Crippen LogP contribution is 2.33. The first-order valence-corrected chi connectivity index (χ1v) is 15.1. The standard InChI is InChI=1S/C36H47FO2/c1-4-6-8-10-11-12-13-17-29-20-22-30(23-21-29)33-18-14-15-19-34(33)31-24-26-32(27-25-31)39-35(38)36(3,37)28-16-9-7-5-2/h14-15,18-27H,4-13,16-17,28H2,1-3H3. The van der Waals surface area contributed by atoms with E-state index in [1.54, 1.807) is 12.1 Å². The molecular weight excluding hydrogens is 483 g/mol. The normalized spacial score (nSPS) is 12.7. The summed E-state index contributed by atoms with van der Waals surface area (Å²) < 4.78 is 20.3. The van der Waals surface area contributed by atoms with Gasteiger partial charge >= 0.3 is 5.97 Å². The van der Waals surface area contributed by atoms with Crippen LogP contribution in [0.2, 0.25) is 0 Å². The van der Waals surface area contributed by atoms with Gasteiger partial charge in [-0.2, -0.15) is 0 Å². The number of hydrogen-bond donors (Lipinski definition) is 0. The highest BCUT2D eigenvalue weighted by molar-refractivity contribution is 5.84. The van der Waals surface area contributed by atoms with Gasteiger partial charge in [0, 0.05) is 0 Å². The van der Waals surface area contributed by atoms with Gasteiger partial charge in [0.1, 0.15) is 5.75 Å². The first-order valence-electron chi connectivity index (χ1n) is 15.1. The summed E-state index contributed by atoms with van der Waals surface area (Å²) in [6, 6.07) is 24.7. The monoisotopic (exact) mass is 530 g/mol. The summed E-state index contributed by atoms with van der Waals surface area (Å²) in [4.78, 5) is 12.5. The van der Waals surface area contributed by atoms with E-state index < -0.39 is 11.6 Å². The van der Waals surface area contributed by atoms with E-state index in [9.17, 15) is 9.18 Å². The van der Waals surface area contributed by atoms with Crippen LogP contribution in [0.15, 0.2) is 72.8 Å². The minimum Gasteiger partial charge on any atom is -0.424 e. The van der Waals surface area contributed by atoms with Crippen molar-refractivity contribution in [1.29, 1.82) is 0 Å². The third kappa shape index (κ3) is 9.95. The van der Waals surface area contributed by atoms with Crippen molar-refractivity contribution in [3.05, 3.63) is 78.4 Å². The molecule has 0 saturated heterocycles. The van der Waals surface area contributed by atoms with Crippen molar-refractivity contribution in [2.75, 3.05) is 0 Å². The molecule has 39 heavy (non-hydrogen) atoms. The molecule has 0 aliphatic carbocycles. The molecule has 0 aromatic heterocycles. The Morgan fingerprint density at radius 2 is 1.15 bits per heavy atom. The first kappa shape index (κ1) is 30.6. The number of rotatable bonds is 17. The minimum atomic E-state index is -1.97. The van der Waals surface area contributed by atoms with Crippen molar-refractivity contribution in [3.63, 3.8) is 0 Å². The van der Waals surface area contributed by atoms with E-state index in [4.69, 9.17) is 4.74 Å². The van der Waals surface area contributed by atoms with Crippen molar-refractivity contribution in [2.24, 2.45) is 0 Å². The van der Waals surface area contributed by atoms with Gasteiger partial charge < -0.3 is 4.74 Å². The molecule has 0 spiro atoms. The molecule has 3 heteroatoms. The molecule has 0 radical (unpaired) electrons. The molecule has 0 amide bonds. The van der Waals surface area contributed by atoms with Crippen molar-refractivity contribution < 1.29 is 13.9 Å². The van der Waals surface area contributed by atoms with Gasteiger partial charge in [0.05, 0.1) is 0 Å². The predicted molar refractivity (Wildman–Crippen MR) is 163 cm³/mol. The molecule has 0 aliphatic rings. The molecule has 3 aromatic rings. The fourth-order valence-electron chi connectivity index (χ4n) is 5.03. The number of halogens is 1. The van der Waals surface area contributed by atoms with E-state index in [1.165, 1.54) is 63.0 Å². The van der Waals surface area contributed by atoms with E-state index in [2.05, 4.69) is 56.3 Å². The Morgan fingerprint density at radius 1 is 0.667 bits per heavy atom. The number of alkyl halides is 1. The zero-order valence-corrected chi connectivity index (χ0v) is 24.3. The lowest BCUT2D eigenvalue weighted by atomic mass is 9.93. The highest BCUT2D eigenvalue weighted by atomic mass is 19.1. The van der Waals surface area contributed by atoms with Gasteiger partial charge in [-0.05, 0) is 72.6 Å². The van der Waals surface area contributed by atoms with Gasteiger partial charge in [-0.15, -0.1) is 0 Å². The van der Waals surface area contributed by atoms with Crippen LogP contribution in [-0.2, 0) is 11.2 Å². The highest BCUT2D eigenvalue weighted by Gasteiger charge is 2.34. The van der Waals surface area contributed by atoms with E-state index in [1.807, 2.05) is 18.2 Å². The molecule has 0 fully saturated rings. The van der Waals surface area contributed by atoms with E-state index in [0.29, 0.717) is 12.2 Å².